The van der Waals surface area contributed by atoms with Crippen LogP contribution in [0.1, 0.15) is 226 Å². The SMILES string of the molecule is CC.CC(=O)O[C@H]1C(=O)[C@]2(C)[C@@H](OC(=O)CCCC=O)C[C@H]3OC[C@@]3(OC(C)=O)[C@H]2[C@H](OC(=O)c2ccccc2)[C@]2(O)CC(OC(=O)[C@H](O)C(NC(=O)c3ccccc3)c3ccccc3)C(C)=C1C2(C)C.CN=CCCCC(=O)O[C@H]1C[C@H]2OC[C@@]2(OC(C)=O)[C@H]2[C@H](OC(=O)c3ccccc3)[C@]3(O)CC(OC(=O)[C@H](O)C(NC(=O)c4ccccc4)c4ccccc4)C(C)=C([C@@H](OC(C)=O)C(=O)[C@]12C)C3(C)C. The van der Waals surface area contributed by atoms with Crippen LogP contribution in [0.3, 0.4) is 0 Å². The molecule has 141 heavy (non-hydrogen) atoms. The number of rotatable bonds is 30. The number of amides is 2. The number of benzene rings is 6. The molecule has 14 rings (SSSR count). The molecule has 34 nitrogen and oxygen atoms in total. The van der Waals surface area contributed by atoms with E-state index in [0.717, 1.165) is 27.7 Å². The van der Waals surface area contributed by atoms with Crippen LogP contribution in [0, 0.1) is 33.5 Å². The number of fused-ring (bicyclic) bond motifs is 10. The van der Waals surface area contributed by atoms with Gasteiger partial charge in [0.05, 0.1) is 59.1 Å². The molecule has 2 saturated heterocycles. The predicted octanol–water partition coefficient (Wildman–Crippen LogP) is 10.8. The number of hydrogen-bond donors (Lipinski definition) is 6. The van der Waals surface area contributed by atoms with Gasteiger partial charge in [-0.3, -0.25) is 47.9 Å². The lowest BCUT2D eigenvalue weighted by atomic mass is 9.44. The Bertz CT molecular complexity index is 5760. The molecule has 22 atom stereocenters. The van der Waals surface area contributed by atoms with E-state index in [1.807, 2.05) is 13.8 Å². The zero-order chi connectivity index (χ0) is 103. The third-order valence-electron chi connectivity index (χ3n) is 29.0. The molecule has 6 aromatic carbocycles. The maximum Gasteiger partial charge on any atom is 0.338 e. The molecule has 2 aliphatic heterocycles. The fraction of sp³-hybridized carbons (Fsp3) is 0.477. The summed E-state index contributed by atoms with van der Waals surface area (Å²) in [5.74, 6) is -15.6. The normalized spacial score (nSPS) is 29.2. The van der Waals surface area contributed by atoms with Gasteiger partial charge in [0.25, 0.3) is 11.8 Å². The van der Waals surface area contributed by atoms with Crippen LogP contribution in [0.2, 0.25) is 0 Å². The Balaban J connectivity index is 0.000000248. The van der Waals surface area contributed by atoms with Crippen LogP contribution in [0.25, 0.3) is 0 Å². The first-order chi connectivity index (χ1) is 66.9. The Labute approximate surface area is 816 Å². The standard InChI is InChI=1S/C53H60N2O15.C52H57NO16.C2H6/c1-30-36(67-49(63)42(59)41(33-19-11-8-12-20-33)55-47(61)34-21-13-9-14-22-34)28-53(64)46(69-48(62)35-23-15-10-16-24-35)44-51(6,45(60)43(66-31(2)56)40(30)50(53,4)5)37(68-39(58)25-17-18-26-54-7)27-38-52(44,29-65-38)70-32(3)57;1-29-35(66-48(62)41(58)40(32-18-10-7-11-19-32)53-46(60)33-20-12-8-13-21-33)27-52(63)45(68-47(61)34-22-14-9-15-23-34)43-50(6,44(59)42(65-30(2)55)39(29)49(52,4)5)36(67-38(57)24-16-17-25-54)26-37-51(43,28-64-37)69-31(3)56;1-2/h8-16,19-24,26,36-38,41-44,46,59,64H,17-18,25,27-29H2,1-7H3,(H,55,61);7-15,18-23,25,35-37,40-43,45,58,63H,16-17,24,26-28H2,1-6H3,(H,53,60);1-2H3/t36?,37-,38+,41?,42+,43+,44-,46-,51+,52-,53+;35?,36-,37+,40?,41+,42+,43-,45-,50+,51-,52+;/m00./s1. The fourth-order valence-corrected chi connectivity index (χ4v) is 21.9. The third kappa shape index (κ3) is 20.9. The number of hydrogen-bond acceptors (Lipinski definition) is 32. The molecule has 6 N–H and O–H groups in total. The monoisotopic (exact) mass is 1950 g/mol. The van der Waals surface area contributed by atoms with Gasteiger partial charge in [0.15, 0.2) is 47.2 Å². The van der Waals surface area contributed by atoms with Gasteiger partial charge in [-0.05, 0) is 135 Å². The van der Waals surface area contributed by atoms with Gasteiger partial charge >= 0.3 is 59.7 Å². The van der Waals surface area contributed by atoms with Gasteiger partial charge in [-0.15, -0.1) is 0 Å². The minimum Gasteiger partial charge on any atom is -0.461 e. The van der Waals surface area contributed by atoms with Crippen LogP contribution in [-0.4, -0.2) is 232 Å². The molecular formula is C107H123N3O31. The topological polar surface area (TPSA) is 484 Å². The van der Waals surface area contributed by atoms with E-state index in [1.54, 1.807) is 199 Å². The number of aliphatic hydroxyl groups is 4. The Morgan fingerprint density at radius 1 is 0.447 bits per heavy atom. The number of ketones is 2. The second-order valence-corrected chi connectivity index (χ2v) is 38.0. The lowest BCUT2D eigenvalue weighted by molar-refractivity contribution is -0.346. The van der Waals surface area contributed by atoms with E-state index in [-0.39, 0.29) is 96.3 Å². The number of unbranched alkanes of at least 4 members (excludes halogenated alkanes) is 2. The highest BCUT2D eigenvalue weighted by Gasteiger charge is 2.82. The average molecular weight is 1950 g/mol. The van der Waals surface area contributed by atoms with Gasteiger partial charge < -0.3 is 97.7 Å². The van der Waals surface area contributed by atoms with E-state index in [0.29, 0.717) is 30.3 Å². The number of aldehydes is 1. The number of carbonyl (C=O) groups excluding carboxylic acids is 15. The molecule has 2 amide bonds. The quantitative estimate of drug-likeness (QED) is 0.00609. The van der Waals surface area contributed by atoms with Gasteiger partial charge in [0.1, 0.15) is 66.3 Å². The molecule has 0 radical (unpaired) electrons. The van der Waals surface area contributed by atoms with Crippen LogP contribution in [0.15, 0.2) is 209 Å². The maximum atomic E-state index is 16.1. The van der Waals surface area contributed by atoms with Crippen molar-refractivity contribution in [3.05, 3.63) is 238 Å². The predicted molar refractivity (Wildman–Crippen MR) is 503 cm³/mol. The first-order valence-electron chi connectivity index (χ1n) is 47.2. The number of nitrogens with zero attached hydrogens (tertiary/aromatic N) is 1. The van der Waals surface area contributed by atoms with Crippen molar-refractivity contribution in [3.8, 4) is 0 Å². The van der Waals surface area contributed by atoms with Gasteiger partial charge in [-0.1, -0.05) is 175 Å². The molecule has 4 unspecified atom stereocenters. The van der Waals surface area contributed by atoms with Crippen molar-refractivity contribution >= 4 is 95.6 Å². The van der Waals surface area contributed by atoms with Crippen molar-refractivity contribution in [2.45, 2.75) is 269 Å². The summed E-state index contributed by atoms with van der Waals surface area (Å²) in [5, 5.41) is 57.2. The summed E-state index contributed by atoms with van der Waals surface area (Å²) in [6, 6.07) is 45.6. The zero-order valence-corrected chi connectivity index (χ0v) is 81.5. The first-order valence-corrected chi connectivity index (χ1v) is 47.2. The van der Waals surface area contributed by atoms with Crippen LogP contribution in [0.4, 0.5) is 0 Å². The number of aliphatic hydroxyl groups excluding tert-OH is 2. The van der Waals surface area contributed by atoms with Crippen LogP contribution in [0.5, 0.6) is 0 Å². The summed E-state index contributed by atoms with van der Waals surface area (Å²) in [4.78, 5) is 213. The Morgan fingerprint density at radius 3 is 1.06 bits per heavy atom. The summed E-state index contributed by atoms with van der Waals surface area (Å²) in [6.45, 7) is 19.8. The molecule has 6 fully saturated rings. The highest BCUT2D eigenvalue weighted by Crippen LogP contribution is 2.68. The molecule has 34 heteroatoms. The lowest BCUT2D eigenvalue weighted by Crippen LogP contribution is -2.82. The fourth-order valence-electron chi connectivity index (χ4n) is 21.9. The van der Waals surface area contributed by atoms with Gasteiger partial charge in [-0.25, -0.2) is 19.2 Å². The largest absolute Gasteiger partial charge is 0.461 e. The molecule has 8 aliphatic rings. The van der Waals surface area contributed by atoms with Crippen molar-refractivity contribution in [2.24, 2.45) is 38.5 Å². The van der Waals surface area contributed by atoms with Gasteiger partial charge in [-0.2, -0.15) is 0 Å². The van der Waals surface area contributed by atoms with Crippen molar-refractivity contribution in [3.63, 3.8) is 0 Å². The summed E-state index contributed by atoms with van der Waals surface area (Å²) in [5.41, 5.74) is -14.9. The minimum atomic E-state index is -2.48. The van der Waals surface area contributed by atoms with Crippen molar-refractivity contribution in [2.75, 3.05) is 20.3 Å². The Hall–Kier alpha value is -13.1. The van der Waals surface area contributed by atoms with Crippen molar-refractivity contribution < 1.29 is 149 Å². The van der Waals surface area contributed by atoms with E-state index in [9.17, 15) is 82.8 Å². The molecular weight excluding hydrogens is 1820 g/mol. The summed E-state index contributed by atoms with van der Waals surface area (Å²) >= 11 is 0. The molecule has 0 aromatic heterocycles. The smallest absolute Gasteiger partial charge is 0.338 e. The minimum absolute atomic E-state index is 0.0244. The summed E-state index contributed by atoms with van der Waals surface area (Å²) in [6.07, 6.45) is -18.5. The van der Waals surface area contributed by atoms with Crippen molar-refractivity contribution in [1.82, 2.24) is 10.6 Å². The average Bonchev–Trinajstić information content (AvgIpc) is 0.669. The number of esters is 10. The van der Waals surface area contributed by atoms with Gasteiger partial charge in [0, 0.05) is 102 Å². The number of Topliss-reactive ketones (excluding diaryl/α,β-unsaturated/α-hetero) is 2. The Morgan fingerprint density at radius 2 is 0.766 bits per heavy atom. The van der Waals surface area contributed by atoms with E-state index < -0.39 is 237 Å². The molecule has 2 heterocycles. The second kappa shape index (κ2) is 44.0. The summed E-state index contributed by atoms with van der Waals surface area (Å²) in [7, 11) is 1.60. The molecule has 752 valence electrons. The van der Waals surface area contributed by atoms with Gasteiger partial charge in [0.2, 0.25) is 0 Å². The van der Waals surface area contributed by atoms with Crippen molar-refractivity contribution in [1.29, 1.82) is 0 Å². The highest BCUT2D eigenvalue weighted by atomic mass is 16.7. The number of ether oxygens (including phenoxy) is 12. The van der Waals surface area contributed by atoms with E-state index in [4.69, 9.17) is 56.8 Å². The van der Waals surface area contributed by atoms with E-state index in [1.165, 1.54) is 52.0 Å². The van der Waals surface area contributed by atoms with E-state index in [2.05, 4.69) is 15.6 Å². The third-order valence-corrected chi connectivity index (χ3v) is 29.0. The number of carbonyl (C=O) groups is 15. The molecule has 0 spiro atoms. The van der Waals surface area contributed by atoms with Crippen LogP contribution < -0.4 is 10.6 Å². The zero-order valence-electron chi connectivity index (χ0n) is 81.5. The number of aliphatic imine (C=N–C) groups is 1. The van der Waals surface area contributed by atoms with Crippen LogP contribution >= 0.6 is 0 Å². The lowest BCUT2D eigenvalue weighted by Gasteiger charge is -2.67. The highest BCUT2D eigenvalue weighted by molar-refractivity contribution is 5.99. The molecule has 6 aromatic rings. The summed E-state index contributed by atoms with van der Waals surface area (Å²) < 4.78 is 74.2. The second-order valence-electron chi connectivity index (χ2n) is 38.0. The van der Waals surface area contributed by atoms with E-state index >= 15 is 9.59 Å². The maximum absolute atomic E-state index is 16.1. The first kappa shape index (κ1) is 107. The molecule has 6 aliphatic carbocycles. The molecule has 4 bridgehead atoms. The molecule has 4 saturated carbocycles. The number of nitrogens with one attached hydrogen (secondary N) is 2. The Kier molecular flexibility index (Phi) is 33.3. The van der Waals surface area contributed by atoms with Crippen LogP contribution in [-0.2, 0) is 110 Å².